The van der Waals surface area contributed by atoms with E-state index in [0.29, 0.717) is 0 Å². The Kier molecular flexibility index (Phi) is 4.60. The van der Waals surface area contributed by atoms with Gasteiger partial charge in [-0.1, -0.05) is 12.8 Å². The Morgan fingerprint density at radius 3 is 2.20 bits per heavy atom. The van der Waals surface area contributed by atoms with E-state index in [0.717, 1.165) is 18.4 Å². The molecule has 0 spiro atoms. The third kappa shape index (κ3) is 4.52. The summed E-state index contributed by atoms with van der Waals surface area (Å²) in [5, 5.41) is 0. The van der Waals surface area contributed by atoms with Crippen LogP contribution in [0.5, 0.6) is 0 Å². The van der Waals surface area contributed by atoms with Crippen molar-refractivity contribution in [3.8, 4) is 0 Å². The van der Waals surface area contributed by atoms with E-state index in [4.69, 9.17) is 5.73 Å². The lowest BCUT2D eigenvalue weighted by molar-refractivity contribution is 0.186. The summed E-state index contributed by atoms with van der Waals surface area (Å²) in [6.45, 7) is 4.27. The van der Waals surface area contributed by atoms with Gasteiger partial charge in [0.25, 0.3) is 0 Å². The largest absolute Gasteiger partial charge is 0.326 e. The Hall–Kier alpha value is -0.0800. The van der Waals surface area contributed by atoms with Gasteiger partial charge in [0, 0.05) is 11.6 Å². The summed E-state index contributed by atoms with van der Waals surface area (Å²) in [7, 11) is 4.43. The first kappa shape index (κ1) is 13.0. The summed E-state index contributed by atoms with van der Waals surface area (Å²) in [6, 6.07) is 0.746. The van der Waals surface area contributed by atoms with Gasteiger partial charge in [0.05, 0.1) is 0 Å². The minimum atomic E-state index is -0.00708. The van der Waals surface area contributed by atoms with E-state index < -0.39 is 0 Å². The fourth-order valence-electron chi connectivity index (χ4n) is 2.78. The van der Waals surface area contributed by atoms with Crippen LogP contribution in [-0.4, -0.2) is 30.6 Å². The molecule has 0 bridgehead atoms. The number of nitrogens with zero attached hydrogens (tertiary/aromatic N) is 1. The monoisotopic (exact) mass is 212 g/mol. The van der Waals surface area contributed by atoms with Crippen molar-refractivity contribution in [3.63, 3.8) is 0 Å². The topological polar surface area (TPSA) is 29.3 Å². The Morgan fingerprint density at radius 1 is 1.27 bits per heavy atom. The zero-order valence-corrected chi connectivity index (χ0v) is 10.9. The minimum Gasteiger partial charge on any atom is -0.326 e. The molecule has 0 amide bonds. The standard InChI is InChI=1S/C13H28N2/c1-13(2,14)10-9-12(15(3)4)11-7-5-6-8-11/h11-12H,5-10,14H2,1-4H3. The third-order valence-corrected chi connectivity index (χ3v) is 3.69. The Morgan fingerprint density at radius 2 is 1.80 bits per heavy atom. The molecule has 0 radical (unpaired) electrons. The normalized spacial score (nSPS) is 21.2. The van der Waals surface area contributed by atoms with Crippen LogP contribution < -0.4 is 5.73 Å². The molecule has 0 aromatic heterocycles. The Labute approximate surface area is 95.2 Å². The molecular weight excluding hydrogens is 184 g/mol. The van der Waals surface area contributed by atoms with Crippen molar-refractivity contribution in [2.45, 2.75) is 64.0 Å². The van der Waals surface area contributed by atoms with Crippen LogP contribution in [0.3, 0.4) is 0 Å². The smallest absolute Gasteiger partial charge is 0.0118 e. The molecule has 1 fully saturated rings. The zero-order chi connectivity index (χ0) is 11.5. The van der Waals surface area contributed by atoms with Gasteiger partial charge in [0.1, 0.15) is 0 Å². The fraction of sp³-hybridized carbons (Fsp3) is 1.00. The molecular formula is C13H28N2. The molecule has 1 saturated carbocycles. The van der Waals surface area contributed by atoms with Crippen LogP contribution in [0.25, 0.3) is 0 Å². The van der Waals surface area contributed by atoms with Gasteiger partial charge >= 0.3 is 0 Å². The maximum atomic E-state index is 6.06. The summed E-state index contributed by atoms with van der Waals surface area (Å²) < 4.78 is 0. The SMILES string of the molecule is CN(C)C(CCC(C)(C)N)C1CCCC1. The average Bonchev–Trinajstić information content (AvgIpc) is 2.54. The summed E-state index contributed by atoms with van der Waals surface area (Å²) in [6.07, 6.45) is 8.09. The lowest BCUT2D eigenvalue weighted by atomic mass is 9.88. The molecule has 1 rings (SSSR count). The van der Waals surface area contributed by atoms with Gasteiger partial charge in [0.15, 0.2) is 0 Å². The van der Waals surface area contributed by atoms with E-state index in [9.17, 15) is 0 Å². The summed E-state index contributed by atoms with van der Waals surface area (Å²) >= 11 is 0. The van der Waals surface area contributed by atoms with E-state index in [2.05, 4.69) is 32.8 Å². The molecule has 0 heterocycles. The molecule has 15 heavy (non-hydrogen) atoms. The van der Waals surface area contributed by atoms with E-state index in [1.807, 2.05) is 0 Å². The number of nitrogens with two attached hydrogens (primary N) is 1. The number of hydrogen-bond acceptors (Lipinski definition) is 2. The van der Waals surface area contributed by atoms with Crippen LogP contribution in [0.15, 0.2) is 0 Å². The molecule has 0 aliphatic heterocycles. The molecule has 90 valence electrons. The Bertz CT molecular complexity index is 175. The quantitative estimate of drug-likeness (QED) is 0.759. The van der Waals surface area contributed by atoms with Gasteiger partial charge in [-0.05, 0) is 59.5 Å². The zero-order valence-electron chi connectivity index (χ0n) is 10.9. The highest BCUT2D eigenvalue weighted by molar-refractivity contribution is 4.83. The lowest BCUT2D eigenvalue weighted by Crippen LogP contribution is -2.39. The highest BCUT2D eigenvalue weighted by Crippen LogP contribution is 2.32. The predicted octanol–water partition coefficient (Wildman–Crippen LogP) is 2.62. The maximum Gasteiger partial charge on any atom is 0.0118 e. The third-order valence-electron chi connectivity index (χ3n) is 3.69. The molecule has 2 nitrogen and oxygen atoms in total. The number of hydrogen-bond donors (Lipinski definition) is 1. The van der Waals surface area contributed by atoms with E-state index >= 15 is 0 Å². The fourth-order valence-corrected chi connectivity index (χ4v) is 2.78. The van der Waals surface area contributed by atoms with Crippen molar-refractivity contribution in [3.05, 3.63) is 0 Å². The van der Waals surface area contributed by atoms with Crippen molar-refractivity contribution in [1.29, 1.82) is 0 Å². The van der Waals surface area contributed by atoms with Crippen molar-refractivity contribution < 1.29 is 0 Å². The van der Waals surface area contributed by atoms with Crippen molar-refractivity contribution in [2.24, 2.45) is 11.7 Å². The maximum absolute atomic E-state index is 6.06. The molecule has 2 N–H and O–H groups in total. The van der Waals surface area contributed by atoms with Gasteiger partial charge < -0.3 is 10.6 Å². The minimum absolute atomic E-state index is 0.00708. The lowest BCUT2D eigenvalue weighted by Gasteiger charge is -2.32. The molecule has 1 aliphatic carbocycles. The first-order valence-electron chi connectivity index (χ1n) is 6.35. The van der Waals surface area contributed by atoms with Crippen molar-refractivity contribution in [1.82, 2.24) is 4.90 Å². The van der Waals surface area contributed by atoms with Gasteiger partial charge in [0.2, 0.25) is 0 Å². The van der Waals surface area contributed by atoms with Crippen LogP contribution in [0.4, 0.5) is 0 Å². The van der Waals surface area contributed by atoms with E-state index in [1.54, 1.807) is 0 Å². The van der Waals surface area contributed by atoms with Crippen LogP contribution in [0.2, 0.25) is 0 Å². The van der Waals surface area contributed by atoms with Gasteiger partial charge in [-0.3, -0.25) is 0 Å². The van der Waals surface area contributed by atoms with Crippen LogP contribution in [0.1, 0.15) is 52.4 Å². The van der Waals surface area contributed by atoms with Crippen LogP contribution >= 0.6 is 0 Å². The number of rotatable bonds is 5. The Balaban J connectivity index is 2.43. The second-order valence-corrected chi connectivity index (χ2v) is 6.10. The van der Waals surface area contributed by atoms with Crippen molar-refractivity contribution in [2.75, 3.05) is 14.1 Å². The van der Waals surface area contributed by atoms with Crippen LogP contribution in [0, 0.1) is 5.92 Å². The highest BCUT2D eigenvalue weighted by Gasteiger charge is 2.27. The van der Waals surface area contributed by atoms with Gasteiger partial charge in [-0.25, -0.2) is 0 Å². The van der Waals surface area contributed by atoms with E-state index in [1.165, 1.54) is 32.1 Å². The van der Waals surface area contributed by atoms with Crippen molar-refractivity contribution >= 4 is 0 Å². The molecule has 2 heteroatoms. The van der Waals surface area contributed by atoms with E-state index in [-0.39, 0.29) is 5.54 Å². The average molecular weight is 212 g/mol. The second kappa shape index (κ2) is 5.31. The first-order chi connectivity index (χ1) is 6.90. The molecule has 1 aliphatic rings. The first-order valence-corrected chi connectivity index (χ1v) is 6.35. The predicted molar refractivity (Wildman–Crippen MR) is 66.9 cm³/mol. The molecule has 1 unspecified atom stereocenters. The highest BCUT2D eigenvalue weighted by atomic mass is 15.1. The summed E-state index contributed by atoms with van der Waals surface area (Å²) in [5.41, 5.74) is 6.06. The summed E-state index contributed by atoms with van der Waals surface area (Å²) in [4.78, 5) is 2.40. The molecule has 0 aromatic rings. The molecule has 0 saturated heterocycles. The molecule has 1 atom stereocenters. The molecule has 0 aromatic carbocycles. The second-order valence-electron chi connectivity index (χ2n) is 6.10. The summed E-state index contributed by atoms with van der Waals surface area (Å²) in [5.74, 6) is 0.919. The van der Waals surface area contributed by atoms with Crippen LogP contribution in [-0.2, 0) is 0 Å². The van der Waals surface area contributed by atoms with Gasteiger partial charge in [-0.2, -0.15) is 0 Å². The van der Waals surface area contributed by atoms with Gasteiger partial charge in [-0.15, -0.1) is 0 Å².